The number of carbonyl (C=O) groups is 2. The first-order valence-corrected chi connectivity index (χ1v) is 11.9. The number of amides is 3. The molecule has 168 valence electrons. The van der Waals surface area contributed by atoms with Gasteiger partial charge >= 0.3 is 6.03 Å². The number of nitrogens with zero attached hydrogens (tertiary/aromatic N) is 2. The summed E-state index contributed by atoms with van der Waals surface area (Å²) >= 11 is 0. The molecule has 4 fully saturated rings. The minimum absolute atomic E-state index is 0.0438. The molecular formula is C27H33N3O2. The molecule has 1 N–H and O–H groups in total. The number of nitrogens with one attached hydrogen (secondary N) is 1. The second-order valence-corrected chi connectivity index (χ2v) is 10.2. The molecule has 0 atom stereocenters. The van der Waals surface area contributed by atoms with E-state index in [0.29, 0.717) is 30.0 Å². The Morgan fingerprint density at radius 1 is 0.844 bits per heavy atom. The molecule has 2 aromatic rings. The Labute approximate surface area is 190 Å². The number of para-hydroxylation sites is 1. The van der Waals surface area contributed by atoms with Crippen LogP contribution in [-0.2, 0) is 6.54 Å². The van der Waals surface area contributed by atoms with Crippen molar-refractivity contribution in [3.8, 4) is 0 Å². The van der Waals surface area contributed by atoms with E-state index >= 15 is 0 Å². The third kappa shape index (κ3) is 4.13. The molecule has 6 rings (SSSR count). The van der Waals surface area contributed by atoms with Gasteiger partial charge in [0.2, 0.25) is 0 Å². The Balaban J connectivity index is 1.18. The first-order chi connectivity index (χ1) is 15.5. The molecule has 5 heteroatoms. The normalized spacial score (nSPS) is 27.8. The van der Waals surface area contributed by atoms with Gasteiger partial charge in [0.15, 0.2) is 0 Å². The van der Waals surface area contributed by atoms with E-state index in [0.717, 1.165) is 23.1 Å². The molecule has 0 saturated heterocycles. The van der Waals surface area contributed by atoms with Crippen molar-refractivity contribution in [2.75, 3.05) is 19.0 Å². The number of urea groups is 1. The number of anilines is 1. The third-order valence-electron chi connectivity index (χ3n) is 7.92. The van der Waals surface area contributed by atoms with E-state index in [-0.39, 0.29) is 11.9 Å². The summed E-state index contributed by atoms with van der Waals surface area (Å²) in [5.74, 6) is 3.21. The Kier molecular flexibility index (Phi) is 5.66. The van der Waals surface area contributed by atoms with Crippen LogP contribution < -0.4 is 10.2 Å². The number of rotatable bonds is 5. The van der Waals surface area contributed by atoms with Gasteiger partial charge in [0, 0.05) is 37.9 Å². The van der Waals surface area contributed by atoms with Crippen molar-refractivity contribution in [1.29, 1.82) is 0 Å². The maximum Gasteiger partial charge on any atom is 0.324 e. The van der Waals surface area contributed by atoms with E-state index in [9.17, 15) is 9.59 Å². The SMILES string of the molecule is CN(Cc1ccc(C(=O)NC2C3CC4CC(C3)CC2C4)cc1)C(=O)N(C)c1ccccc1. The molecule has 4 aliphatic rings. The topological polar surface area (TPSA) is 52.7 Å². The molecule has 4 bridgehead atoms. The van der Waals surface area contributed by atoms with Gasteiger partial charge in [-0.3, -0.25) is 9.69 Å². The summed E-state index contributed by atoms with van der Waals surface area (Å²) in [4.78, 5) is 29.0. The summed E-state index contributed by atoms with van der Waals surface area (Å²) in [6.45, 7) is 0.494. The van der Waals surface area contributed by atoms with Crippen LogP contribution in [0.15, 0.2) is 54.6 Å². The lowest BCUT2D eigenvalue weighted by molar-refractivity contribution is -0.0119. The van der Waals surface area contributed by atoms with Crippen LogP contribution in [0, 0.1) is 23.7 Å². The fourth-order valence-electron chi connectivity index (χ4n) is 6.52. The zero-order valence-corrected chi connectivity index (χ0v) is 19.0. The Hall–Kier alpha value is -2.82. The lowest BCUT2D eigenvalue weighted by atomic mass is 9.54. The molecule has 0 radical (unpaired) electrons. The van der Waals surface area contributed by atoms with Crippen molar-refractivity contribution >= 4 is 17.6 Å². The van der Waals surface area contributed by atoms with Crippen LogP contribution in [0.5, 0.6) is 0 Å². The van der Waals surface area contributed by atoms with Crippen LogP contribution in [0.4, 0.5) is 10.5 Å². The van der Waals surface area contributed by atoms with Crippen LogP contribution in [0.25, 0.3) is 0 Å². The lowest BCUT2D eigenvalue weighted by Crippen LogP contribution is -2.55. The van der Waals surface area contributed by atoms with Crippen molar-refractivity contribution < 1.29 is 9.59 Å². The van der Waals surface area contributed by atoms with Crippen LogP contribution in [0.3, 0.4) is 0 Å². The number of hydrogen-bond acceptors (Lipinski definition) is 2. The van der Waals surface area contributed by atoms with Gasteiger partial charge in [-0.1, -0.05) is 30.3 Å². The maximum atomic E-state index is 12.9. The molecule has 0 unspecified atom stereocenters. The van der Waals surface area contributed by atoms with E-state index in [1.165, 1.54) is 32.1 Å². The Bertz CT molecular complexity index is 944. The summed E-state index contributed by atoms with van der Waals surface area (Å²) in [5.41, 5.74) is 2.58. The molecule has 2 aromatic carbocycles. The molecule has 32 heavy (non-hydrogen) atoms. The van der Waals surface area contributed by atoms with Crippen molar-refractivity contribution in [2.24, 2.45) is 23.7 Å². The van der Waals surface area contributed by atoms with Gasteiger partial charge in [0.25, 0.3) is 5.91 Å². The van der Waals surface area contributed by atoms with Crippen LogP contribution in [-0.4, -0.2) is 37.0 Å². The highest BCUT2D eigenvalue weighted by Gasteiger charge is 2.48. The molecule has 0 aliphatic heterocycles. The van der Waals surface area contributed by atoms with Crippen molar-refractivity contribution in [3.05, 3.63) is 65.7 Å². The lowest BCUT2D eigenvalue weighted by Gasteiger charge is -2.54. The number of benzene rings is 2. The molecule has 0 heterocycles. The predicted molar refractivity (Wildman–Crippen MR) is 126 cm³/mol. The Morgan fingerprint density at radius 3 is 2.03 bits per heavy atom. The molecule has 5 nitrogen and oxygen atoms in total. The van der Waals surface area contributed by atoms with Gasteiger partial charge in [-0.2, -0.15) is 0 Å². The molecule has 0 aromatic heterocycles. The average Bonchev–Trinajstić information content (AvgIpc) is 2.81. The van der Waals surface area contributed by atoms with Gasteiger partial charge in [0.1, 0.15) is 0 Å². The monoisotopic (exact) mass is 431 g/mol. The van der Waals surface area contributed by atoms with E-state index in [2.05, 4.69) is 5.32 Å². The fraction of sp³-hybridized carbons (Fsp3) is 0.481. The third-order valence-corrected chi connectivity index (χ3v) is 7.92. The largest absolute Gasteiger partial charge is 0.349 e. The molecule has 0 spiro atoms. The fourth-order valence-corrected chi connectivity index (χ4v) is 6.52. The van der Waals surface area contributed by atoms with Gasteiger partial charge in [-0.25, -0.2) is 4.79 Å². The standard InChI is InChI=1S/C27H33N3O2/c1-29(27(32)30(2)24-6-4-3-5-7-24)17-18-8-10-21(11-9-18)26(31)28-25-22-13-19-12-20(15-22)16-23(25)14-19/h3-11,19-20,22-23,25H,12-17H2,1-2H3,(H,28,31). The van der Waals surface area contributed by atoms with Crippen LogP contribution >= 0.6 is 0 Å². The number of carbonyl (C=O) groups excluding carboxylic acids is 2. The van der Waals surface area contributed by atoms with Gasteiger partial charge < -0.3 is 10.2 Å². The summed E-state index contributed by atoms with van der Waals surface area (Å²) in [5, 5.41) is 3.38. The average molecular weight is 432 g/mol. The molecule has 4 saturated carbocycles. The van der Waals surface area contributed by atoms with E-state index in [1.807, 2.05) is 54.6 Å². The van der Waals surface area contributed by atoms with E-state index in [1.54, 1.807) is 23.9 Å². The van der Waals surface area contributed by atoms with E-state index < -0.39 is 0 Å². The molecule has 4 aliphatic carbocycles. The van der Waals surface area contributed by atoms with E-state index in [4.69, 9.17) is 0 Å². The Morgan fingerprint density at radius 2 is 1.44 bits per heavy atom. The zero-order valence-electron chi connectivity index (χ0n) is 19.0. The quantitative estimate of drug-likeness (QED) is 0.730. The predicted octanol–water partition coefficient (Wildman–Crippen LogP) is 4.93. The highest BCUT2D eigenvalue weighted by molar-refractivity contribution is 5.94. The van der Waals surface area contributed by atoms with Gasteiger partial charge in [0.05, 0.1) is 0 Å². The highest BCUT2D eigenvalue weighted by Crippen LogP contribution is 2.53. The summed E-state index contributed by atoms with van der Waals surface area (Å²) in [6, 6.07) is 17.6. The number of hydrogen-bond donors (Lipinski definition) is 1. The molecular weight excluding hydrogens is 398 g/mol. The van der Waals surface area contributed by atoms with Gasteiger partial charge in [-0.05, 0) is 85.6 Å². The second-order valence-electron chi connectivity index (χ2n) is 10.2. The highest BCUT2D eigenvalue weighted by atomic mass is 16.2. The van der Waals surface area contributed by atoms with Crippen molar-refractivity contribution in [2.45, 2.75) is 44.7 Å². The summed E-state index contributed by atoms with van der Waals surface area (Å²) in [6.07, 6.45) is 6.62. The second kappa shape index (κ2) is 8.61. The first kappa shape index (κ1) is 21.0. The van der Waals surface area contributed by atoms with Crippen molar-refractivity contribution in [3.63, 3.8) is 0 Å². The summed E-state index contributed by atoms with van der Waals surface area (Å²) in [7, 11) is 3.58. The first-order valence-electron chi connectivity index (χ1n) is 11.9. The minimum atomic E-state index is -0.0695. The maximum absolute atomic E-state index is 12.9. The molecule has 3 amide bonds. The van der Waals surface area contributed by atoms with Crippen molar-refractivity contribution in [1.82, 2.24) is 10.2 Å². The summed E-state index contributed by atoms with van der Waals surface area (Å²) < 4.78 is 0. The zero-order chi connectivity index (χ0) is 22.2. The minimum Gasteiger partial charge on any atom is -0.349 e. The smallest absolute Gasteiger partial charge is 0.324 e. The van der Waals surface area contributed by atoms with Crippen LogP contribution in [0.2, 0.25) is 0 Å². The van der Waals surface area contributed by atoms with Crippen LogP contribution in [0.1, 0.15) is 48.0 Å². The van der Waals surface area contributed by atoms with Gasteiger partial charge in [-0.15, -0.1) is 0 Å².